The average Bonchev–Trinajstić information content (AvgIpc) is 2.66. The summed E-state index contributed by atoms with van der Waals surface area (Å²) >= 11 is 12.9. The fraction of sp³-hybridized carbons (Fsp3) is 0.286. The first kappa shape index (κ1) is 15.4. The van der Waals surface area contributed by atoms with Crippen molar-refractivity contribution in [3.63, 3.8) is 0 Å². The molecule has 1 aromatic rings. The van der Waals surface area contributed by atoms with Crippen molar-refractivity contribution in [3.05, 3.63) is 33.7 Å². The Balaban J connectivity index is 2.40. The number of carbonyl (C=O) groups is 1. The van der Waals surface area contributed by atoms with E-state index in [2.05, 4.69) is 0 Å². The van der Waals surface area contributed by atoms with E-state index in [1.54, 1.807) is 4.90 Å². The number of thiocarbonyl (C=S) groups is 1. The van der Waals surface area contributed by atoms with Crippen molar-refractivity contribution in [1.29, 1.82) is 0 Å². The van der Waals surface area contributed by atoms with Crippen molar-refractivity contribution in [3.8, 4) is 0 Å². The zero-order valence-corrected chi connectivity index (χ0v) is 13.9. The number of rotatable bonds is 3. The number of halogens is 1. The molecule has 0 saturated carbocycles. The summed E-state index contributed by atoms with van der Waals surface area (Å²) < 4.78 is 0.601. The minimum Gasteiger partial charge on any atom is -0.376 e. The molecule has 0 aliphatic carbocycles. The Bertz CT molecular complexity index is 599. The second kappa shape index (κ2) is 6.16. The van der Waals surface area contributed by atoms with Gasteiger partial charge in [-0.25, -0.2) is 0 Å². The van der Waals surface area contributed by atoms with Gasteiger partial charge in [-0.05, 0) is 24.6 Å². The fourth-order valence-corrected chi connectivity index (χ4v) is 3.63. The Morgan fingerprint density at radius 3 is 2.70 bits per heavy atom. The minimum absolute atomic E-state index is 0.0474. The van der Waals surface area contributed by atoms with Crippen LogP contribution in [0.3, 0.4) is 0 Å². The molecule has 1 saturated heterocycles. The van der Waals surface area contributed by atoms with Gasteiger partial charge in [-0.1, -0.05) is 47.7 Å². The van der Waals surface area contributed by atoms with Gasteiger partial charge in [-0.2, -0.15) is 0 Å². The smallest absolute Gasteiger partial charge is 0.266 e. The molecule has 0 spiro atoms. The number of thioether (sulfide) groups is 1. The average molecular weight is 327 g/mol. The van der Waals surface area contributed by atoms with E-state index in [1.165, 1.54) is 11.8 Å². The van der Waals surface area contributed by atoms with Gasteiger partial charge in [0.2, 0.25) is 0 Å². The van der Waals surface area contributed by atoms with Crippen molar-refractivity contribution in [1.82, 2.24) is 4.90 Å². The summed E-state index contributed by atoms with van der Waals surface area (Å²) in [4.78, 5) is 16.3. The van der Waals surface area contributed by atoms with Gasteiger partial charge in [0, 0.05) is 20.6 Å². The summed E-state index contributed by atoms with van der Waals surface area (Å²) in [6.45, 7) is 2.50. The van der Waals surface area contributed by atoms with Gasteiger partial charge in [0.15, 0.2) is 0 Å². The van der Waals surface area contributed by atoms with Crippen molar-refractivity contribution in [2.75, 3.05) is 25.5 Å². The molecule has 1 fully saturated rings. The number of likely N-dealkylation sites (N-methyl/N-ethyl adjacent to an activating group) is 1. The van der Waals surface area contributed by atoms with E-state index in [0.29, 0.717) is 20.8 Å². The molecule has 1 heterocycles. The summed E-state index contributed by atoms with van der Waals surface area (Å²) in [5.74, 6) is -0.0474. The quantitative estimate of drug-likeness (QED) is 0.625. The highest BCUT2D eigenvalue weighted by Gasteiger charge is 2.30. The zero-order chi connectivity index (χ0) is 14.9. The van der Waals surface area contributed by atoms with Gasteiger partial charge in [0.05, 0.1) is 15.6 Å². The Labute approximate surface area is 133 Å². The first-order valence-corrected chi connectivity index (χ1v) is 7.77. The SMILES string of the molecule is CCN1C(=O)/C(=C\c2cccc(N(C)C)c2Cl)SC1=S. The molecule has 1 amide bonds. The molecule has 2 rings (SSSR count). The molecule has 0 aromatic heterocycles. The Hall–Kier alpha value is -1.04. The van der Waals surface area contributed by atoms with E-state index >= 15 is 0 Å². The van der Waals surface area contributed by atoms with E-state index in [9.17, 15) is 4.79 Å². The third kappa shape index (κ3) is 2.85. The van der Waals surface area contributed by atoms with Gasteiger partial charge in [0.1, 0.15) is 4.32 Å². The highest BCUT2D eigenvalue weighted by Crippen LogP contribution is 2.35. The lowest BCUT2D eigenvalue weighted by molar-refractivity contribution is -0.121. The molecule has 0 unspecified atom stereocenters. The lowest BCUT2D eigenvalue weighted by Gasteiger charge is -2.15. The molecular formula is C14H15ClN2OS2. The van der Waals surface area contributed by atoms with E-state index < -0.39 is 0 Å². The first-order valence-electron chi connectivity index (χ1n) is 6.17. The van der Waals surface area contributed by atoms with Crippen LogP contribution >= 0.6 is 35.6 Å². The molecule has 1 aliphatic heterocycles. The van der Waals surface area contributed by atoms with E-state index in [-0.39, 0.29) is 5.91 Å². The number of nitrogens with zero attached hydrogens (tertiary/aromatic N) is 2. The minimum atomic E-state index is -0.0474. The van der Waals surface area contributed by atoms with Crippen LogP contribution < -0.4 is 4.90 Å². The summed E-state index contributed by atoms with van der Waals surface area (Å²) in [5, 5.41) is 0.638. The van der Waals surface area contributed by atoms with Gasteiger partial charge < -0.3 is 4.90 Å². The highest BCUT2D eigenvalue weighted by molar-refractivity contribution is 8.26. The maximum absolute atomic E-state index is 12.2. The first-order chi connectivity index (χ1) is 9.45. The molecule has 0 N–H and O–H groups in total. The highest BCUT2D eigenvalue weighted by atomic mass is 35.5. The normalized spacial score (nSPS) is 17.2. The van der Waals surface area contributed by atoms with Crippen LogP contribution in [0.4, 0.5) is 5.69 Å². The number of amides is 1. The van der Waals surface area contributed by atoms with Crippen LogP contribution in [0.5, 0.6) is 0 Å². The number of carbonyl (C=O) groups excluding carboxylic acids is 1. The summed E-state index contributed by atoms with van der Waals surface area (Å²) in [6.07, 6.45) is 1.81. The van der Waals surface area contributed by atoms with Crippen LogP contribution in [-0.2, 0) is 4.79 Å². The molecule has 0 radical (unpaired) electrons. The number of benzene rings is 1. The molecule has 0 atom stereocenters. The molecule has 20 heavy (non-hydrogen) atoms. The second-order valence-electron chi connectivity index (χ2n) is 4.50. The maximum Gasteiger partial charge on any atom is 0.266 e. The van der Waals surface area contributed by atoms with Crippen molar-refractivity contribution >= 4 is 57.6 Å². The van der Waals surface area contributed by atoms with E-state index in [1.807, 2.05) is 50.2 Å². The Kier molecular flexibility index (Phi) is 4.73. The molecular weight excluding hydrogens is 312 g/mol. The predicted octanol–water partition coefficient (Wildman–Crippen LogP) is 3.63. The van der Waals surface area contributed by atoms with Crippen molar-refractivity contribution in [2.24, 2.45) is 0 Å². The molecule has 1 aromatic carbocycles. The van der Waals surface area contributed by atoms with E-state index in [4.69, 9.17) is 23.8 Å². The third-order valence-electron chi connectivity index (χ3n) is 2.97. The van der Waals surface area contributed by atoms with Crippen LogP contribution in [0, 0.1) is 0 Å². The third-order valence-corrected chi connectivity index (χ3v) is 4.76. The van der Waals surface area contributed by atoms with Crippen LogP contribution in [0.2, 0.25) is 5.02 Å². The molecule has 0 bridgehead atoms. The van der Waals surface area contributed by atoms with Gasteiger partial charge in [-0.3, -0.25) is 9.69 Å². The number of hydrogen-bond donors (Lipinski definition) is 0. The predicted molar refractivity (Wildman–Crippen MR) is 91.3 cm³/mol. The largest absolute Gasteiger partial charge is 0.376 e. The van der Waals surface area contributed by atoms with Crippen molar-refractivity contribution < 1.29 is 4.79 Å². The second-order valence-corrected chi connectivity index (χ2v) is 6.55. The number of anilines is 1. The van der Waals surface area contributed by atoms with E-state index in [0.717, 1.165) is 11.3 Å². The molecule has 3 nitrogen and oxygen atoms in total. The standard InChI is InChI=1S/C14H15ClN2OS2/c1-4-17-13(18)11(20-14(17)19)8-9-6-5-7-10(12(9)15)16(2)3/h5-8H,4H2,1-3H3/b11-8+. The van der Waals surface area contributed by atoms with Crippen LogP contribution in [0.25, 0.3) is 6.08 Å². The van der Waals surface area contributed by atoms with Gasteiger partial charge >= 0.3 is 0 Å². The fourth-order valence-electron chi connectivity index (χ4n) is 1.91. The summed E-state index contributed by atoms with van der Waals surface area (Å²) in [7, 11) is 3.86. The Morgan fingerprint density at radius 1 is 1.45 bits per heavy atom. The summed E-state index contributed by atoms with van der Waals surface area (Å²) in [5.41, 5.74) is 1.75. The van der Waals surface area contributed by atoms with Gasteiger partial charge in [-0.15, -0.1) is 0 Å². The van der Waals surface area contributed by atoms with Crippen molar-refractivity contribution in [2.45, 2.75) is 6.92 Å². The molecule has 6 heteroatoms. The van der Waals surface area contributed by atoms with Gasteiger partial charge in [0.25, 0.3) is 5.91 Å². The lowest BCUT2D eigenvalue weighted by Crippen LogP contribution is -2.27. The summed E-state index contributed by atoms with van der Waals surface area (Å²) in [6, 6.07) is 5.76. The number of hydrogen-bond acceptors (Lipinski definition) is 4. The van der Waals surface area contributed by atoms with Crippen LogP contribution in [0.15, 0.2) is 23.1 Å². The topological polar surface area (TPSA) is 23.6 Å². The molecule has 1 aliphatic rings. The van der Waals surface area contributed by atoms with Crippen LogP contribution in [0.1, 0.15) is 12.5 Å². The Morgan fingerprint density at radius 2 is 2.15 bits per heavy atom. The maximum atomic E-state index is 12.2. The monoisotopic (exact) mass is 326 g/mol. The zero-order valence-electron chi connectivity index (χ0n) is 11.5. The molecule has 106 valence electrons. The lowest BCUT2D eigenvalue weighted by atomic mass is 10.1. The van der Waals surface area contributed by atoms with Crippen LogP contribution in [-0.4, -0.2) is 35.8 Å².